The van der Waals surface area contributed by atoms with Crippen LogP contribution in [0.1, 0.15) is 30.1 Å². The molecule has 1 saturated heterocycles. The third-order valence-corrected chi connectivity index (χ3v) is 3.35. The van der Waals surface area contributed by atoms with Gasteiger partial charge in [0.25, 0.3) is 0 Å². The number of carboxylic acid groups (broad SMARTS) is 1. The van der Waals surface area contributed by atoms with Gasteiger partial charge in [0.05, 0.1) is 5.54 Å². The smallest absolute Gasteiger partial charge is 0.339 e. The van der Waals surface area contributed by atoms with E-state index >= 15 is 0 Å². The maximum Gasteiger partial charge on any atom is 0.339 e. The lowest BCUT2D eigenvalue weighted by Crippen LogP contribution is -2.47. The number of carbonyl (C=O) groups is 2. The number of aromatic hydroxyl groups is 1. The van der Waals surface area contributed by atoms with Gasteiger partial charge in [0.1, 0.15) is 11.3 Å². The monoisotopic (exact) mass is 264 g/mol. The van der Waals surface area contributed by atoms with Gasteiger partial charge in [-0.05, 0) is 44.5 Å². The van der Waals surface area contributed by atoms with E-state index in [4.69, 9.17) is 5.11 Å². The summed E-state index contributed by atoms with van der Waals surface area (Å²) in [6, 6.07) is 3.97. The molecule has 0 saturated carbocycles. The fourth-order valence-electron chi connectivity index (χ4n) is 2.14. The van der Waals surface area contributed by atoms with Crippen molar-refractivity contribution in [1.29, 1.82) is 0 Å². The van der Waals surface area contributed by atoms with E-state index in [1.165, 1.54) is 18.2 Å². The number of aromatic carboxylic acids is 1. The third kappa shape index (κ3) is 2.68. The number of carboxylic acids is 1. The van der Waals surface area contributed by atoms with Gasteiger partial charge in [-0.3, -0.25) is 4.79 Å². The molecule has 1 aliphatic rings. The summed E-state index contributed by atoms with van der Waals surface area (Å²) in [6.07, 6.45) is 1.67. The van der Waals surface area contributed by atoms with Crippen molar-refractivity contribution in [3.8, 4) is 5.75 Å². The molecule has 0 spiro atoms. The first kappa shape index (κ1) is 13.4. The highest BCUT2D eigenvalue weighted by atomic mass is 16.4. The van der Waals surface area contributed by atoms with Crippen molar-refractivity contribution in [1.82, 2.24) is 5.32 Å². The molecule has 1 aromatic rings. The Hall–Kier alpha value is -2.08. The minimum absolute atomic E-state index is 0.202. The van der Waals surface area contributed by atoms with Gasteiger partial charge in [0, 0.05) is 5.69 Å². The molecule has 6 heteroatoms. The number of hydrogen-bond donors (Lipinski definition) is 4. The largest absolute Gasteiger partial charge is 0.507 e. The molecular weight excluding hydrogens is 248 g/mol. The highest BCUT2D eigenvalue weighted by molar-refractivity contribution is 5.99. The zero-order chi connectivity index (χ0) is 14.0. The van der Waals surface area contributed by atoms with E-state index in [0.717, 1.165) is 19.4 Å². The van der Waals surface area contributed by atoms with Crippen LogP contribution in [0.4, 0.5) is 5.69 Å². The third-order valence-electron chi connectivity index (χ3n) is 3.35. The molecule has 6 nitrogen and oxygen atoms in total. The molecule has 1 aliphatic heterocycles. The van der Waals surface area contributed by atoms with Crippen LogP contribution in [0.5, 0.6) is 5.75 Å². The molecule has 4 N–H and O–H groups in total. The van der Waals surface area contributed by atoms with Crippen LogP contribution in [0.2, 0.25) is 0 Å². The van der Waals surface area contributed by atoms with Crippen molar-refractivity contribution < 1.29 is 19.8 Å². The van der Waals surface area contributed by atoms with Crippen LogP contribution in [0.3, 0.4) is 0 Å². The quantitative estimate of drug-likeness (QED) is 0.614. The van der Waals surface area contributed by atoms with E-state index in [1.807, 2.05) is 6.92 Å². The van der Waals surface area contributed by atoms with Crippen LogP contribution in [0.15, 0.2) is 18.2 Å². The van der Waals surface area contributed by atoms with Crippen molar-refractivity contribution in [3.05, 3.63) is 23.8 Å². The number of hydrogen-bond acceptors (Lipinski definition) is 4. The van der Waals surface area contributed by atoms with Crippen molar-refractivity contribution in [2.45, 2.75) is 25.3 Å². The Morgan fingerprint density at radius 3 is 2.74 bits per heavy atom. The summed E-state index contributed by atoms with van der Waals surface area (Å²) in [5, 5.41) is 24.1. The van der Waals surface area contributed by atoms with Crippen LogP contribution < -0.4 is 10.6 Å². The lowest BCUT2D eigenvalue weighted by atomic mass is 9.99. The molecule has 2 rings (SSSR count). The molecule has 1 heterocycles. The second-order valence-electron chi connectivity index (χ2n) is 4.85. The Labute approximate surface area is 110 Å². The number of nitrogens with one attached hydrogen (secondary N) is 2. The normalized spacial score (nSPS) is 22.2. The van der Waals surface area contributed by atoms with Gasteiger partial charge in [0.15, 0.2) is 0 Å². The average molecular weight is 264 g/mol. The SMILES string of the molecule is CC1(C(=O)Nc2ccc(O)c(C(=O)O)c2)CCCN1. The van der Waals surface area contributed by atoms with E-state index in [-0.39, 0.29) is 17.2 Å². The summed E-state index contributed by atoms with van der Waals surface area (Å²) in [5.74, 6) is -1.76. The minimum Gasteiger partial charge on any atom is -0.507 e. The number of anilines is 1. The highest BCUT2D eigenvalue weighted by Crippen LogP contribution is 2.24. The van der Waals surface area contributed by atoms with Gasteiger partial charge in [-0.25, -0.2) is 4.79 Å². The summed E-state index contributed by atoms with van der Waals surface area (Å²) >= 11 is 0. The lowest BCUT2D eigenvalue weighted by molar-refractivity contribution is -0.121. The van der Waals surface area contributed by atoms with Crippen LogP contribution in [0.25, 0.3) is 0 Å². The maximum atomic E-state index is 12.1. The van der Waals surface area contributed by atoms with Gasteiger partial charge >= 0.3 is 5.97 Å². The molecule has 0 bridgehead atoms. The van der Waals surface area contributed by atoms with E-state index < -0.39 is 11.5 Å². The Morgan fingerprint density at radius 1 is 1.42 bits per heavy atom. The predicted octanol–water partition coefficient (Wildman–Crippen LogP) is 1.17. The van der Waals surface area contributed by atoms with Gasteiger partial charge in [-0.2, -0.15) is 0 Å². The van der Waals surface area contributed by atoms with Crippen molar-refractivity contribution in [2.24, 2.45) is 0 Å². The number of rotatable bonds is 3. The molecular formula is C13H16N2O4. The van der Waals surface area contributed by atoms with E-state index in [1.54, 1.807) is 0 Å². The second-order valence-corrected chi connectivity index (χ2v) is 4.85. The van der Waals surface area contributed by atoms with Gasteiger partial charge in [-0.15, -0.1) is 0 Å². The van der Waals surface area contributed by atoms with Crippen molar-refractivity contribution in [2.75, 3.05) is 11.9 Å². The van der Waals surface area contributed by atoms with Crippen LogP contribution in [-0.4, -0.2) is 34.2 Å². The fourth-order valence-corrected chi connectivity index (χ4v) is 2.14. The standard InChI is InChI=1S/C13H16N2O4/c1-13(5-2-6-14-13)12(19)15-8-3-4-10(16)9(7-8)11(17)18/h3-4,7,14,16H,2,5-6H2,1H3,(H,15,19)(H,17,18). The van der Waals surface area contributed by atoms with Gasteiger partial charge in [-0.1, -0.05) is 0 Å². The summed E-state index contributed by atoms with van der Waals surface area (Å²) in [6.45, 7) is 2.60. The summed E-state index contributed by atoms with van der Waals surface area (Å²) < 4.78 is 0. The maximum absolute atomic E-state index is 12.1. The van der Waals surface area contributed by atoms with Crippen LogP contribution in [0, 0.1) is 0 Å². The number of phenols is 1. The fraction of sp³-hybridized carbons (Fsp3) is 0.385. The molecule has 1 amide bonds. The predicted molar refractivity (Wildman–Crippen MR) is 69.3 cm³/mol. The molecule has 0 aliphatic carbocycles. The van der Waals surface area contributed by atoms with E-state index in [2.05, 4.69) is 10.6 Å². The molecule has 1 aromatic carbocycles. The number of benzene rings is 1. The topological polar surface area (TPSA) is 98.7 Å². The van der Waals surface area contributed by atoms with Crippen molar-refractivity contribution >= 4 is 17.6 Å². The van der Waals surface area contributed by atoms with Crippen LogP contribution >= 0.6 is 0 Å². The zero-order valence-corrected chi connectivity index (χ0v) is 10.6. The number of amides is 1. The molecule has 19 heavy (non-hydrogen) atoms. The summed E-state index contributed by atoms with van der Waals surface area (Å²) in [4.78, 5) is 23.0. The first-order chi connectivity index (χ1) is 8.92. The molecule has 1 atom stereocenters. The van der Waals surface area contributed by atoms with Gasteiger partial charge < -0.3 is 20.8 Å². The Morgan fingerprint density at radius 2 is 2.16 bits per heavy atom. The molecule has 0 radical (unpaired) electrons. The molecule has 1 unspecified atom stereocenters. The Kier molecular flexibility index (Phi) is 3.44. The number of carbonyl (C=O) groups excluding carboxylic acids is 1. The highest BCUT2D eigenvalue weighted by Gasteiger charge is 2.35. The Balaban J connectivity index is 2.17. The molecule has 1 fully saturated rings. The van der Waals surface area contributed by atoms with Crippen molar-refractivity contribution in [3.63, 3.8) is 0 Å². The van der Waals surface area contributed by atoms with Gasteiger partial charge in [0.2, 0.25) is 5.91 Å². The summed E-state index contributed by atoms with van der Waals surface area (Å²) in [5.41, 5.74) is -0.501. The molecule has 0 aromatic heterocycles. The second kappa shape index (κ2) is 4.89. The first-order valence-corrected chi connectivity index (χ1v) is 6.05. The average Bonchev–Trinajstić information content (AvgIpc) is 2.79. The minimum atomic E-state index is -1.24. The van der Waals surface area contributed by atoms with Crippen LogP contribution in [-0.2, 0) is 4.79 Å². The first-order valence-electron chi connectivity index (χ1n) is 6.05. The van der Waals surface area contributed by atoms with E-state index in [9.17, 15) is 14.7 Å². The summed E-state index contributed by atoms with van der Waals surface area (Å²) in [7, 11) is 0. The van der Waals surface area contributed by atoms with E-state index in [0.29, 0.717) is 5.69 Å². The molecule has 102 valence electrons. The lowest BCUT2D eigenvalue weighted by Gasteiger charge is -2.23. The Bertz CT molecular complexity index is 521. The zero-order valence-electron chi connectivity index (χ0n) is 10.6.